The molecule has 0 fully saturated rings. The highest BCUT2D eigenvalue weighted by Crippen LogP contribution is 2.25. The van der Waals surface area contributed by atoms with Gasteiger partial charge in [0, 0.05) is 31.0 Å². The third-order valence-corrected chi connectivity index (χ3v) is 3.55. The summed E-state index contributed by atoms with van der Waals surface area (Å²) in [5.74, 6) is 0. The van der Waals surface area contributed by atoms with Crippen molar-refractivity contribution in [3.8, 4) is 0 Å². The van der Waals surface area contributed by atoms with E-state index in [4.69, 9.17) is 0 Å². The summed E-state index contributed by atoms with van der Waals surface area (Å²) in [6, 6.07) is 7.25. The Morgan fingerprint density at radius 2 is 2.35 bits per heavy atom. The minimum Gasteiger partial charge on any atom is -0.308 e. The molecule has 1 N–H and O–H groups in total. The third kappa shape index (κ3) is 3.88. The van der Waals surface area contributed by atoms with Crippen molar-refractivity contribution in [3.63, 3.8) is 0 Å². The minimum atomic E-state index is -0.388. The first-order valence-corrected chi connectivity index (χ1v) is 6.99. The molecule has 2 rings (SSSR count). The molecule has 6 nitrogen and oxygen atoms in total. The van der Waals surface area contributed by atoms with Gasteiger partial charge in [-0.05, 0) is 40.5 Å². The first-order chi connectivity index (χ1) is 9.56. The standard InChI is InChI=1S/C13H15BrN4O2/c1-10(9-17-6-2-5-16-17)15-8-11-3-4-12(14)13(7-11)18(19)20/h2-7,10,15H,8-9H2,1H3. The molecule has 1 atom stereocenters. The lowest BCUT2D eigenvalue weighted by molar-refractivity contribution is -0.385. The lowest BCUT2D eigenvalue weighted by Gasteiger charge is -2.14. The molecule has 1 aromatic heterocycles. The van der Waals surface area contributed by atoms with Crippen LogP contribution in [0.3, 0.4) is 0 Å². The molecule has 1 aromatic carbocycles. The number of halogens is 1. The summed E-state index contributed by atoms with van der Waals surface area (Å²) in [6.45, 7) is 3.39. The molecule has 106 valence electrons. The van der Waals surface area contributed by atoms with E-state index in [9.17, 15) is 10.1 Å². The van der Waals surface area contributed by atoms with Crippen LogP contribution in [0.2, 0.25) is 0 Å². The van der Waals surface area contributed by atoms with Crippen LogP contribution in [0.15, 0.2) is 41.1 Å². The van der Waals surface area contributed by atoms with E-state index in [0.29, 0.717) is 11.0 Å². The Morgan fingerprint density at radius 1 is 1.55 bits per heavy atom. The fraction of sp³-hybridized carbons (Fsp3) is 0.308. The molecule has 0 bridgehead atoms. The van der Waals surface area contributed by atoms with Crippen LogP contribution in [0.4, 0.5) is 5.69 Å². The Bertz CT molecular complexity index is 586. The molecule has 0 aliphatic carbocycles. The summed E-state index contributed by atoms with van der Waals surface area (Å²) >= 11 is 3.18. The fourth-order valence-electron chi connectivity index (χ4n) is 1.85. The quantitative estimate of drug-likeness (QED) is 0.649. The zero-order valence-corrected chi connectivity index (χ0v) is 12.6. The molecule has 2 aromatic rings. The molecule has 0 aliphatic heterocycles. The number of nitro groups is 1. The number of hydrogen-bond donors (Lipinski definition) is 1. The number of nitrogens with zero attached hydrogens (tertiary/aromatic N) is 3. The van der Waals surface area contributed by atoms with Gasteiger partial charge in [0.1, 0.15) is 0 Å². The van der Waals surface area contributed by atoms with Gasteiger partial charge in [-0.3, -0.25) is 14.8 Å². The third-order valence-electron chi connectivity index (χ3n) is 2.88. The molecule has 0 amide bonds. The lowest BCUT2D eigenvalue weighted by atomic mass is 10.2. The monoisotopic (exact) mass is 338 g/mol. The van der Waals surface area contributed by atoms with Crippen LogP contribution in [0.25, 0.3) is 0 Å². The molecular weight excluding hydrogens is 324 g/mol. The van der Waals surface area contributed by atoms with E-state index in [1.165, 1.54) is 0 Å². The van der Waals surface area contributed by atoms with E-state index < -0.39 is 0 Å². The molecule has 0 spiro atoms. The van der Waals surface area contributed by atoms with E-state index in [1.54, 1.807) is 18.3 Å². The number of nitro benzene ring substituents is 1. The maximum atomic E-state index is 10.9. The smallest absolute Gasteiger partial charge is 0.283 e. The Balaban J connectivity index is 1.93. The van der Waals surface area contributed by atoms with Crippen molar-refractivity contribution in [2.75, 3.05) is 0 Å². The van der Waals surface area contributed by atoms with Crippen molar-refractivity contribution in [1.82, 2.24) is 15.1 Å². The Labute approximate surface area is 125 Å². The summed E-state index contributed by atoms with van der Waals surface area (Å²) in [5, 5.41) is 18.3. The molecule has 0 saturated carbocycles. The van der Waals surface area contributed by atoms with Crippen LogP contribution in [0, 0.1) is 10.1 Å². The van der Waals surface area contributed by atoms with Crippen LogP contribution < -0.4 is 5.32 Å². The van der Waals surface area contributed by atoms with Crippen molar-refractivity contribution in [2.45, 2.75) is 26.1 Å². The predicted octanol–water partition coefficient (Wildman–Crippen LogP) is 2.73. The highest BCUT2D eigenvalue weighted by molar-refractivity contribution is 9.10. The number of benzene rings is 1. The van der Waals surface area contributed by atoms with Gasteiger partial charge in [0.15, 0.2) is 0 Å². The average molecular weight is 339 g/mol. The highest BCUT2D eigenvalue weighted by Gasteiger charge is 2.12. The first-order valence-electron chi connectivity index (χ1n) is 6.20. The fourth-order valence-corrected chi connectivity index (χ4v) is 2.25. The van der Waals surface area contributed by atoms with E-state index in [1.807, 2.05) is 23.0 Å². The van der Waals surface area contributed by atoms with Gasteiger partial charge in [-0.1, -0.05) is 6.07 Å². The average Bonchev–Trinajstić information content (AvgIpc) is 2.90. The molecular formula is C13H15BrN4O2. The van der Waals surface area contributed by atoms with Crippen LogP contribution >= 0.6 is 15.9 Å². The molecule has 0 saturated heterocycles. The number of hydrogen-bond acceptors (Lipinski definition) is 4. The van der Waals surface area contributed by atoms with Gasteiger partial charge in [-0.25, -0.2) is 0 Å². The number of nitrogens with one attached hydrogen (secondary N) is 1. The minimum absolute atomic E-state index is 0.0871. The second-order valence-electron chi connectivity index (χ2n) is 4.55. The molecule has 20 heavy (non-hydrogen) atoms. The van der Waals surface area contributed by atoms with Crippen LogP contribution in [0.1, 0.15) is 12.5 Å². The van der Waals surface area contributed by atoms with Crippen LogP contribution in [-0.4, -0.2) is 20.7 Å². The van der Waals surface area contributed by atoms with Crippen molar-refractivity contribution in [1.29, 1.82) is 0 Å². The molecule has 1 unspecified atom stereocenters. The van der Waals surface area contributed by atoms with Gasteiger partial charge >= 0.3 is 0 Å². The van der Waals surface area contributed by atoms with E-state index in [-0.39, 0.29) is 16.7 Å². The Hall–Kier alpha value is -1.73. The van der Waals surface area contributed by atoms with Gasteiger partial charge in [0.2, 0.25) is 0 Å². The predicted molar refractivity (Wildman–Crippen MR) is 79.3 cm³/mol. The molecule has 0 radical (unpaired) electrons. The Kier molecular flexibility index (Phi) is 4.86. The number of aromatic nitrogens is 2. The normalized spacial score (nSPS) is 12.3. The Morgan fingerprint density at radius 3 is 3.00 bits per heavy atom. The van der Waals surface area contributed by atoms with Gasteiger partial charge in [0.05, 0.1) is 15.9 Å². The van der Waals surface area contributed by atoms with E-state index in [0.717, 1.165) is 12.1 Å². The topological polar surface area (TPSA) is 73.0 Å². The summed E-state index contributed by atoms with van der Waals surface area (Å²) in [6.07, 6.45) is 3.65. The van der Waals surface area contributed by atoms with Gasteiger partial charge in [0.25, 0.3) is 5.69 Å². The molecule has 7 heteroatoms. The van der Waals surface area contributed by atoms with Crippen LogP contribution in [0.5, 0.6) is 0 Å². The van der Waals surface area contributed by atoms with Crippen molar-refractivity contribution in [2.24, 2.45) is 0 Å². The van der Waals surface area contributed by atoms with E-state index >= 15 is 0 Å². The summed E-state index contributed by atoms with van der Waals surface area (Å²) < 4.78 is 2.35. The van der Waals surface area contributed by atoms with Gasteiger partial charge in [-0.2, -0.15) is 5.10 Å². The lowest BCUT2D eigenvalue weighted by Crippen LogP contribution is -2.30. The van der Waals surface area contributed by atoms with Gasteiger partial charge in [-0.15, -0.1) is 0 Å². The molecule has 0 aliphatic rings. The largest absolute Gasteiger partial charge is 0.308 e. The first kappa shape index (κ1) is 14.7. The zero-order valence-electron chi connectivity index (χ0n) is 11.0. The summed E-state index contributed by atoms with van der Waals surface area (Å²) in [4.78, 5) is 10.5. The highest BCUT2D eigenvalue weighted by atomic mass is 79.9. The van der Waals surface area contributed by atoms with Crippen molar-refractivity contribution in [3.05, 3.63) is 56.8 Å². The zero-order chi connectivity index (χ0) is 14.5. The second kappa shape index (κ2) is 6.62. The van der Waals surface area contributed by atoms with Gasteiger partial charge < -0.3 is 5.32 Å². The van der Waals surface area contributed by atoms with Crippen molar-refractivity contribution >= 4 is 21.6 Å². The second-order valence-corrected chi connectivity index (χ2v) is 5.41. The SMILES string of the molecule is CC(Cn1cccn1)NCc1ccc(Br)c([N+](=O)[O-])c1. The van der Waals surface area contributed by atoms with Crippen molar-refractivity contribution < 1.29 is 4.92 Å². The van der Waals surface area contributed by atoms with Crippen LogP contribution in [-0.2, 0) is 13.1 Å². The summed E-state index contributed by atoms with van der Waals surface area (Å²) in [5.41, 5.74) is 0.969. The molecule has 1 heterocycles. The van der Waals surface area contributed by atoms with E-state index in [2.05, 4.69) is 33.3 Å². The maximum Gasteiger partial charge on any atom is 0.283 e. The number of rotatable bonds is 6. The summed E-state index contributed by atoms with van der Waals surface area (Å²) in [7, 11) is 0. The maximum absolute atomic E-state index is 10.9.